The van der Waals surface area contributed by atoms with Gasteiger partial charge in [-0.2, -0.15) is 14.6 Å². The fourth-order valence-electron chi connectivity index (χ4n) is 1.89. The molecule has 3 aromatic rings. The van der Waals surface area contributed by atoms with E-state index in [0.29, 0.717) is 11.7 Å². The molecule has 0 saturated carbocycles. The summed E-state index contributed by atoms with van der Waals surface area (Å²) in [6.45, 7) is 5.76. The number of anilines is 1. The highest BCUT2D eigenvalue weighted by Gasteiger charge is 2.14. The van der Waals surface area contributed by atoms with Crippen LogP contribution in [-0.4, -0.2) is 24.6 Å². The maximum atomic E-state index is 5.51. The predicted octanol–water partition coefficient (Wildman–Crippen LogP) is 1.90. The Hall–Kier alpha value is -2.44. The first-order valence-corrected chi connectivity index (χ1v) is 6.00. The largest absolute Gasteiger partial charge is 0.444 e. The molecule has 3 rings (SSSR count). The third-order valence-electron chi connectivity index (χ3n) is 2.75. The van der Waals surface area contributed by atoms with Crippen molar-refractivity contribution in [2.45, 2.75) is 26.8 Å². The van der Waals surface area contributed by atoms with Gasteiger partial charge in [0.2, 0.25) is 5.89 Å². The van der Waals surface area contributed by atoms with Gasteiger partial charge in [-0.1, -0.05) is 0 Å². The summed E-state index contributed by atoms with van der Waals surface area (Å²) in [7, 11) is 0. The van der Waals surface area contributed by atoms with E-state index >= 15 is 0 Å². The molecule has 0 radical (unpaired) electrons. The summed E-state index contributed by atoms with van der Waals surface area (Å²) >= 11 is 0. The lowest BCUT2D eigenvalue weighted by Crippen LogP contribution is -2.11. The first-order valence-electron chi connectivity index (χ1n) is 6.00. The highest BCUT2D eigenvalue weighted by atomic mass is 16.4. The summed E-state index contributed by atoms with van der Waals surface area (Å²) in [4.78, 5) is 12.6. The van der Waals surface area contributed by atoms with Crippen molar-refractivity contribution in [3.05, 3.63) is 35.9 Å². The molecule has 0 saturated heterocycles. The van der Waals surface area contributed by atoms with Crippen molar-refractivity contribution in [1.82, 2.24) is 24.6 Å². The SMILES string of the molecule is Cc1cc(NC(C)c2ncc(C)o2)n2ncnc2n1. The number of aryl methyl sites for hydroxylation is 2. The van der Waals surface area contributed by atoms with Crippen molar-refractivity contribution in [1.29, 1.82) is 0 Å². The number of rotatable bonds is 3. The van der Waals surface area contributed by atoms with Crippen molar-refractivity contribution in [3.63, 3.8) is 0 Å². The van der Waals surface area contributed by atoms with E-state index in [1.54, 1.807) is 10.7 Å². The smallest absolute Gasteiger partial charge is 0.254 e. The third-order valence-corrected chi connectivity index (χ3v) is 2.75. The van der Waals surface area contributed by atoms with Gasteiger partial charge in [-0.25, -0.2) is 9.97 Å². The fourth-order valence-corrected chi connectivity index (χ4v) is 1.89. The van der Waals surface area contributed by atoms with Crippen molar-refractivity contribution in [3.8, 4) is 0 Å². The highest BCUT2D eigenvalue weighted by molar-refractivity contribution is 5.45. The molecule has 0 bridgehead atoms. The minimum atomic E-state index is -0.0668. The predicted molar refractivity (Wildman–Crippen MR) is 68.8 cm³/mol. The van der Waals surface area contributed by atoms with E-state index in [-0.39, 0.29) is 6.04 Å². The molecule has 1 N–H and O–H groups in total. The van der Waals surface area contributed by atoms with Gasteiger partial charge in [0, 0.05) is 11.8 Å². The minimum Gasteiger partial charge on any atom is -0.444 e. The van der Waals surface area contributed by atoms with Crippen LogP contribution >= 0.6 is 0 Å². The van der Waals surface area contributed by atoms with E-state index < -0.39 is 0 Å². The van der Waals surface area contributed by atoms with Crippen LogP contribution in [0.2, 0.25) is 0 Å². The summed E-state index contributed by atoms with van der Waals surface area (Å²) < 4.78 is 7.16. The Balaban J connectivity index is 1.94. The molecule has 0 spiro atoms. The van der Waals surface area contributed by atoms with Crippen LogP contribution in [0.1, 0.15) is 30.3 Å². The van der Waals surface area contributed by atoms with E-state index in [1.165, 1.54) is 6.33 Å². The monoisotopic (exact) mass is 258 g/mol. The lowest BCUT2D eigenvalue weighted by molar-refractivity contribution is 0.453. The molecule has 7 nitrogen and oxygen atoms in total. The standard InChI is InChI=1S/C12H14N6O/c1-7-4-10(18-12(16-7)14-6-15-18)17-9(3)11-13-5-8(2)19-11/h4-6,9,17H,1-3H3. The molecule has 98 valence electrons. The van der Waals surface area contributed by atoms with E-state index in [9.17, 15) is 0 Å². The van der Waals surface area contributed by atoms with Crippen LogP contribution in [0.5, 0.6) is 0 Å². The molecule has 7 heteroatoms. The van der Waals surface area contributed by atoms with Gasteiger partial charge in [-0.05, 0) is 20.8 Å². The van der Waals surface area contributed by atoms with Gasteiger partial charge < -0.3 is 9.73 Å². The van der Waals surface area contributed by atoms with Crippen LogP contribution < -0.4 is 5.32 Å². The van der Waals surface area contributed by atoms with E-state index in [1.807, 2.05) is 26.8 Å². The first-order chi connectivity index (χ1) is 9.13. The van der Waals surface area contributed by atoms with Crippen molar-refractivity contribution in [2.24, 2.45) is 0 Å². The van der Waals surface area contributed by atoms with Gasteiger partial charge >= 0.3 is 0 Å². The van der Waals surface area contributed by atoms with Crippen LogP contribution in [0, 0.1) is 13.8 Å². The molecular weight excluding hydrogens is 244 g/mol. The van der Waals surface area contributed by atoms with Gasteiger partial charge in [0.15, 0.2) is 0 Å². The number of nitrogens with zero attached hydrogens (tertiary/aromatic N) is 5. The van der Waals surface area contributed by atoms with Crippen molar-refractivity contribution >= 4 is 11.6 Å². The van der Waals surface area contributed by atoms with E-state index in [4.69, 9.17) is 4.42 Å². The molecule has 19 heavy (non-hydrogen) atoms. The molecule has 0 amide bonds. The number of aromatic nitrogens is 5. The van der Waals surface area contributed by atoms with Crippen LogP contribution in [0.4, 0.5) is 5.82 Å². The lowest BCUT2D eigenvalue weighted by atomic mass is 10.3. The number of oxazole rings is 1. The highest BCUT2D eigenvalue weighted by Crippen LogP contribution is 2.19. The van der Waals surface area contributed by atoms with Crippen LogP contribution in [0.25, 0.3) is 5.78 Å². The zero-order valence-electron chi connectivity index (χ0n) is 11.0. The molecule has 0 aliphatic heterocycles. The van der Waals surface area contributed by atoms with Gasteiger partial charge in [0.25, 0.3) is 5.78 Å². The first kappa shape index (κ1) is 11.6. The molecule has 1 unspecified atom stereocenters. The minimum absolute atomic E-state index is 0.0668. The molecule has 0 aliphatic rings. The third kappa shape index (κ3) is 2.14. The van der Waals surface area contributed by atoms with Crippen molar-refractivity contribution in [2.75, 3.05) is 5.32 Å². The average Bonchev–Trinajstić information content (AvgIpc) is 2.97. The fraction of sp³-hybridized carbons (Fsp3) is 0.333. The lowest BCUT2D eigenvalue weighted by Gasteiger charge is -2.13. The van der Waals surface area contributed by atoms with Gasteiger partial charge in [-0.3, -0.25) is 0 Å². The number of hydrogen-bond acceptors (Lipinski definition) is 6. The Morgan fingerprint density at radius 3 is 2.89 bits per heavy atom. The summed E-state index contributed by atoms with van der Waals surface area (Å²) in [5.41, 5.74) is 0.874. The Kier molecular flexibility index (Phi) is 2.66. The van der Waals surface area contributed by atoms with Crippen LogP contribution in [-0.2, 0) is 0 Å². The van der Waals surface area contributed by atoms with Crippen LogP contribution in [0.3, 0.4) is 0 Å². The Labute approximate surface area is 109 Å². The molecule has 3 heterocycles. The van der Waals surface area contributed by atoms with E-state index in [2.05, 4.69) is 25.4 Å². The zero-order chi connectivity index (χ0) is 13.4. The molecule has 1 atom stereocenters. The number of hydrogen-bond donors (Lipinski definition) is 1. The number of nitrogens with one attached hydrogen (secondary N) is 1. The summed E-state index contributed by atoms with van der Waals surface area (Å²) in [5.74, 6) is 2.81. The normalized spacial score (nSPS) is 12.8. The quantitative estimate of drug-likeness (QED) is 0.772. The second-order valence-corrected chi connectivity index (χ2v) is 4.43. The van der Waals surface area contributed by atoms with Gasteiger partial charge in [0.05, 0.1) is 6.20 Å². The maximum absolute atomic E-state index is 5.51. The van der Waals surface area contributed by atoms with Crippen LogP contribution in [0.15, 0.2) is 23.0 Å². The Morgan fingerprint density at radius 1 is 1.32 bits per heavy atom. The molecule has 0 fully saturated rings. The summed E-state index contributed by atoms with van der Waals surface area (Å²) in [5, 5.41) is 7.45. The van der Waals surface area contributed by atoms with Gasteiger partial charge in [-0.15, -0.1) is 0 Å². The molecular formula is C12H14N6O. The molecule has 0 aromatic carbocycles. The Bertz CT molecular complexity index is 716. The zero-order valence-corrected chi connectivity index (χ0v) is 11.0. The van der Waals surface area contributed by atoms with Crippen molar-refractivity contribution < 1.29 is 4.42 Å². The Morgan fingerprint density at radius 2 is 2.16 bits per heavy atom. The maximum Gasteiger partial charge on any atom is 0.254 e. The molecule has 3 aromatic heterocycles. The van der Waals surface area contributed by atoms with E-state index in [0.717, 1.165) is 17.3 Å². The second kappa shape index (κ2) is 4.34. The summed E-state index contributed by atoms with van der Waals surface area (Å²) in [6.07, 6.45) is 3.18. The second-order valence-electron chi connectivity index (χ2n) is 4.43. The topological polar surface area (TPSA) is 81.1 Å². The van der Waals surface area contributed by atoms with Gasteiger partial charge in [0.1, 0.15) is 23.9 Å². The average molecular weight is 258 g/mol. The molecule has 0 aliphatic carbocycles. The number of fused-ring (bicyclic) bond motifs is 1. The summed E-state index contributed by atoms with van der Waals surface area (Å²) in [6, 6.07) is 1.84.